The Hall–Kier alpha value is -1.06. The van der Waals surface area contributed by atoms with Gasteiger partial charge in [0.15, 0.2) is 0 Å². The van der Waals surface area contributed by atoms with Crippen molar-refractivity contribution >= 4 is 11.9 Å². The topological polar surface area (TPSA) is 52.6 Å². The first-order chi connectivity index (χ1) is 10.5. The molecule has 22 heavy (non-hydrogen) atoms. The van der Waals surface area contributed by atoms with Crippen LogP contribution in [0.4, 0.5) is 0 Å². The lowest BCUT2D eigenvalue weighted by Crippen LogP contribution is -2.45. The van der Waals surface area contributed by atoms with Crippen molar-refractivity contribution in [2.45, 2.75) is 45.6 Å². The first-order valence-electron chi connectivity index (χ1n) is 8.81. The molecule has 0 radical (unpaired) electrons. The minimum absolute atomic E-state index is 0.124. The van der Waals surface area contributed by atoms with Gasteiger partial charge in [-0.2, -0.15) is 0 Å². The molecule has 0 spiro atoms. The van der Waals surface area contributed by atoms with Crippen LogP contribution in [-0.4, -0.2) is 25.2 Å². The molecule has 0 heterocycles. The van der Waals surface area contributed by atoms with Gasteiger partial charge in [0.25, 0.3) is 0 Å². The average Bonchev–Trinajstić information content (AvgIpc) is 3.21. The quantitative estimate of drug-likeness (QED) is 0.594. The molecule has 0 aliphatic heterocycles. The van der Waals surface area contributed by atoms with Crippen LogP contribution in [0, 0.1) is 47.3 Å². The molecule has 4 aliphatic carbocycles. The summed E-state index contributed by atoms with van der Waals surface area (Å²) in [6, 6.07) is 0. The van der Waals surface area contributed by atoms with Gasteiger partial charge in [-0.1, -0.05) is 0 Å². The van der Waals surface area contributed by atoms with Crippen LogP contribution in [0.1, 0.15) is 39.5 Å². The van der Waals surface area contributed by atoms with Crippen molar-refractivity contribution in [1.82, 2.24) is 0 Å². The largest absolute Gasteiger partial charge is 0.469 e. The fourth-order valence-corrected chi connectivity index (χ4v) is 6.67. The van der Waals surface area contributed by atoms with Gasteiger partial charge >= 0.3 is 11.9 Å². The number of ether oxygens (including phenoxy) is 2. The number of hydrogen-bond acceptors (Lipinski definition) is 4. The average molecular weight is 306 g/mol. The lowest BCUT2D eigenvalue weighted by molar-refractivity contribution is -0.168. The van der Waals surface area contributed by atoms with E-state index in [-0.39, 0.29) is 29.9 Å². The number of methoxy groups -OCH3 is 1. The zero-order chi connectivity index (χ0) is 15.6. The maximum absolute atomic E-state index is 12.6. The maximum Gasteiger partial charge on any atom is 0.310 e. The first kappa shape index (κ1) is 14.5. The predicted molar refractivity (Wildman–Crippen MR) is 79.6 cm³/mol. The molecule has 8 unspecified atom stereocenters. The van der Waals surface area contributed by atoms with Gasteiger partial charge < -0.3 is 9.47 Å². The molecule has 0 N–H and O–H groups in total. The number of esters is 2. The molecule has 4 saturated carbocycles. The standard InChI is InChI=1S/C18H26O4/c1-8(2)22-18(20)16-12-7-11(15(16)17(19)21-3)13-9-4-5-10(6-9)14(12)13/h8-16H,4-7H2,1-3H3. The number of fused-ring (bicyclic) bond motifs is 9. The van der Waals surface area contributed by atoms with E-state index in [1.165, 1.54) is 26.4 Å². The molecule has 8 atom stereocenters. The molecule has 4 aliphatic rings. The summed E-state index contributed by atoms with van der Waals surface area (Å²) in [6.45, 7) is 3.75. The van der Waals surface area contributed by atoms with E-state index in [4.69, 9.17) is 9.47 Å². The van der Waals surface area contributed by atoms with Gasteiger partial charge in [0.1, 0.15) is 0 Å². The first-order valence-corrected chi connectivity index (χ1v) is 8.81. The van der Waals surface area contributed by atoms with Crippen molar-refractivity contribution in [3.05, 3.63) is 0 Å². The smallest absolute Gasteiger partial charge is 0.310 e. The van der Waals surface area contributed by atoms with Crippen LogP contribution >= 0.6 is 0 Å². The van der Waals surface area contributed by atoms with E-state index >= 15 is 0 Å². The molecule has 4 bridgehead atoms. The lowest BCUT2D eigenvalue weighted by atomic mass is 9.63. The van der Waals surface area contributed by atoms with Crippen molar-refractivity contribution in [3.8, 4) is 0 Å². The summed E-state index contributed by atoms with van der Waals surface area (Å²) >= 11 is 0. The third-order valence-corrected chi connectivity index (χ3v) is 6.99. The van der Waals surface area contributed by atoms with Crippen molar-refractivity contribution < 1.29 is 19.1 Å². The van der Waals surface area contributed by atoms with Gasteiger partial charge in [-0.05, 0) is 75.0 Å². The molecule has 0 saturated heterocycles. The SMILES string of the molecule is COC(=O)C1C2CC(C1C(=O)OC(C)C)C1C3CCC(C3)C21. The molecule has 4 rings (SSSR count). The van der Waals surface area contributed by atoms with Gasteiger partial charge in [-0.25, -0.2) is 0 Å². The summed E-state index contributed by atoms with van der Waals surface area (Å²) in [7, 11) is 1.44. The van der Waals surface area contributed by atoms with Crippen LogP contribution < -0.4 is 0 Å². The Balaban J connectivity index is 1.65. The van der Waals surface area contributed by atoms with Crippen LogP contribution in [0.25, 0.3) is 0 Å². The summed E-state index contributed by atoms with van der Waals surface area (Å²) in [5.74, 6) is 2.71. The van der Waals surface area contributed by atoms with Crippen molar-refractivity contribution in [3.63, 3.8) is 0 Å². The highest BCUT2D eigenvalue weighted by atomic mass is 16.5. The predicted octanol–water partition coefficient (Wildman–Crippen LogP) is 2.66. The molecule has 0 aromatic carbocycles. The summed E-state index contributed by atoms with van der Waals surface area (Å²) in [6.07, 6.45) is 4.87. The van der Waals surface area contributed by atoms with Crippen LogP contribution in [0.15, 0.2) is 0 Å². The summed E-state index contributed by atoms with van der Waals surface area (Å²) < 4.78 is 10.5. The Kier molecular flexibility index (Phi) is 3.28. The van der Waals surface area contributed by atoms with E-state index in [1.807, 2.05) is 13.8 Å². The molecule has 4 nitrogen and oxygen atoms in total. The highest BCUT2D eigenvalue weighted by molar-refractivity contribution is 5.84. The van der Waals surface area contributed by atoms with Crippen LogP contribution in [0.3, 0.4) is 0 Å². The van der Waals surface area contributed by atoms with E-state index in [1.54, 1.807) is 0 Å². The van der Waals surface area contributed by atoms with Crippen molar-refractivity contribution in [1.29, 1.82) is 0 Å². The Morgan fingerprint density at radius 3 is 1.95 bits per heavy atom. The number of carbonyl (C=O) groups is 2. The van der Waals surface area contributed by atoms with Crippen molar-refractivity contribution in [2.75, 3.05) is 7.11 Å². The van der Waals surface area contributed by atoms with Gasteiger partial charge in [-0.3, -0.25) is 9.59 Å². The zero-order valence-electron chi connectivity index (χ0n) is 13.7. The van der Waals surface area contributed by atoms with Gasteiger partial charge in [0.2, 0.25) is 0 Å². The second-order valence-corrected chi connectivity index (χ2v) is 8.11. The third-order valence-electron chi connectivity index (χ3n) is 6.99. The second-order valence-electron chi connectivity index (χ2n) is 8.11. The summed E-state index contributed by atoms with van der Waals surface area (Å²) in [4.78, 5) is 25.0. The van der Waals surface area contributed by atoms with E-state index in [0.717, 1.165) is 18.3 Å². The number of carbonyl (C=O) groups excluding carboxylic acids is 2. The van der Waals surface area contributed by atoms with Crippen LogP contribution in [-0.2, 0) is 19.1 Å². The Morgan fingerprint density at radius 2 is 1.45 bits per heavy atom. The summed E-state index contributed by atoms with van der Waals surface area (Å²) in [5.41, 5.74) is 0. The Bertz CT molecular complexity index is 499. The van der Waals surface area contributed by atoms with Crippen LogP contribution in [0.2, 0.25) is 0 Å². The van der Waals surface area contributed by atoms with E-state index in [9.17, 15) is 9.59 Å². The molecule has 0 amide bonds. The fourth-order valence-electron chi connectivity index (χ4n) is 6.67. The molecular formula is C18H26O4. The second kappa shape index (κ2) is 4.97. The molecular weight excluding hydrogens is 280 g/mol. The van der Waals surface area contributed by atoms with Crippen molar-refractivity contribution in [2.24, 2.45) is 47.3 Å². The molecule has 4 heteroatoms. The molecule has 0 aromatic heterocycles. The monoisotopic (exact) mass is 306 g/mol. The van der Waals surface area contributed by atoms with E-state index in [0.29, 0.717) is 23.7 Å². The minimum Gasteiger partial charge on any atom is -0.469 e. The van der Waals surface area contributed by atoms with Gasteiger partial charge in [0.05, 0.1) is 25.0 Å². The maximum atomic E-state index is 12.6. The molecule has 4 fully saturated rings. The van der Waals surface area contributed by atoms with E-state index in [2.05, 4.69) is 0 Å². The Labute approximate surface area is 131 Å². The molecule has 122 valence electrons. The Morgan fingerprint density at radius 1 is 0.909 bits per heavy atom. The van der Waals surface area contributed by atoms with Gasteiger partial charge in [-0.15, -0.1) is 0 Å². The summed E-state index contributed by atoms with van der Waals surface area (Å²) in [5, 5.41) is 0. The lowest BCUT2D eigenvalue weighted by Gasteiger charge is -2.41. The minimum atomic E-state index is -0.263. The zero-order valence-corrected chi connectivity index (χ0v) is 13.7. The normalized spacial score (nSPS) is 47.8. The highest BCUT2D eigenvalue weighted by Crippen LogP contribution is 2.70. The van der Waals surface area contributed by atoms with Gasteiger partial charge in [0, 0.05) is 0 Å². The fraction of sp³-hybridized carbons (Fsp3) is 0.889. The third kappa shape index (κ3) is 1.82. The molecule has 0 aromatic rings. The number of rotatable bonds is 3. The number of hydrogen-bond donors (Lipinski definition) is 0. The van der Waals surface area contributed by atoms with E-state index < -0.39 is 0 Å². The highest BCUT2D eigenvalue weighted by Gasteiger charge is 2.69. The van der Waals surface area contributed by atoms with Crippen LogP contribution in [0.5, 0.6) is 0 Å².